The lowest BCUT2D eigenvalue weighted by atomic mass is 9.94. The maximum atomic E-state index is 13.4. The van der Waals surface area contributed by atoms with Gasteiger partial charge in [-0.3, -0.25) is 4.79 Å². The topological polar surface area (TPSA) is 107 Å². The SMILES string of the molecule is CCOc1ccccc1NC(=O)C1=C(C)NC(=O)N[C@@H]1c1cc(OC)c(OC)c(OC)c1. The summed E-state index contributed by atoms with van der Waals surface area (Å²) < 4.78 is 21.8. The third kappa shape index (κ3) is 4.56. The number of benzene rings is 2. The highest BCUT2D eigenvalue weighted by Crippen LogP contribution is 2.41. The van der Waals surface area contributed by atoms with Crippen molar-refractivity contribution in [1.29, 1.82) is 0 Å². The Morgan fingerprint density at radius 1 is 1.03 bits per heavy atom. The number of urea groups is 1. The van der Waals surface area contributed by atoms with E-state index in [2.05, 4.69) is 16.0 Å². The number of rotatable bonds is 8. The first-order chi connectivity index (χ1) is 15.4. The minimum atomic E-state index is -0.753. The molecule has 32 heavy (non-hydrogen) atoms. The van der Waals surface area contributed by atoms with Gasteiger partial charge < -0.3 is 34.9 Å². The van der Waals surface area contributed by atoms with Crippen LogP contribution in [0.2, 0.25) is 0 Å². The fourth-order valence-corrected chi connectivity index (χ4v) is 3.55. The van der Waals surface area contributed by atoms with E-state index in [0.29, 0.717) is 52.1 Å². The van der Waals surface area contributed by atoms with Crippen molar-refractivity contribution in [3.05, 3.63) is 53.2 Å². The number of anilines is 1. The lowest BCUT2D eigenvalue weighted by Gasteiger charge is -2.29. The zero-order valence-electron chi connectivity index (χ0n) is 18.7. The Balaban J connectivity index is 2.04. The summed E-state index contributed by atoms with van der Waals surface area (Å²) in [5, 5.41) is 8.36. The fourth-order valence-electron chi connectivity index (χ4n) is 3.55. The second-order valence-electron chi connectivity index (χ2n) is 6.91. The van der Waals surface area contributed by atoms with E-state index >= 15 is 0 Å². The number of methoxy groups -OCH3 is 3. The second kappa shape index (κ2) is 9.95. The molecule has 3 N–H and O–H groups in total. The lowest BCUT2D eigenvalue weighted by Crippen LogP contribution is -2.46. The smallest absolute Gasteiger partial charge is 0.319 e. The molecule has 0 fully saturated rings. The zero-order chi connectivity index (χ0) is 23.3. The number of para-hydroxylation sites is 2. The van der Waals surface area contributed by atoms with Crippen LogP contribution in [0, 0.1) is 0 Å². The molecule has 1 aliphatic rings. The molecule has 0 aliphatic carbocycles. The normalized spacial score (nSPS) is 15.4. The van der Waals surface area contributed by atoms with Crippen LogP contribution in [-0.2, 0) is 4.79 Å². The Bertz CT molecular complexity index is 1020. The molecule has 1 atom stereocenters. The number of amides is 3. The third-order valence-corrected chi connectivity index (χ3v) is 4.97. The summed E-state index contributed by atoms with van der Waals surface area (Å²) in [6.45, 7) is 4.00. The van der Waals surface area contributed by atoms with Crippen molar-refractivity contribution in [1.82, 2.24) is 10.6 Å². The van der Waals surface area contributed by atoms with Crippen molar-refractivity contribution in [3.8, 4) is 23.0 Å². The zero-order valence-corrected chi connectivity index (χ0v) is 18.7. The summed E-state index contributed by atoms with van der Waals surface area (Å²) >= 11 is 0. The van der Waals surface area contributed by atoms with E-state index in [1.807, 2.05) is 13.0 Å². The minimum Gasteiger partial charge on any atom is -0.493 e. The third-order valence-electron chi connectivity index (χ3n) is 4.97. The number of hydrogen-bond donors (Lipinski definition) is 3. The van der Waals surface area contributed by atoms with E-state index in [-0.39, 0.29) is 5.91 Å². The highest BCUT2D eigenvalue weighted by Gasteiger charge is 2.33. The summed E-state index contributed by atoms with van der Waals surface area (Å²) in [5.41, 5.74) is 1.89. The molecule has 0 saturated heterocycles. The van der Waals surface area contributed by atoms with Gasteiger partial charge in [0.1, 0.15) is 5.75 Å². The van der Waals surface area contributed by atoms with Crippen LogP contribution in [0.25, 0.3) is 0 Å². The molecule has 2 aromatic carbocycles. The highest BCUT2D eigenvalue weighted by molar-refractivity contribution is 6.07. The molecule has 0 aromatic heterocycles. The monoisotopic (exact) mass is 441 g/mol. The lowest BCUT2D eigenvalue weighted by molar-refractivity contribution is -0.113. The van der Waals surface area contributed by atoms with Crippen LogP contribution in [-0.4, -0.2) is 39.9 Å². The standard InChI is InChI=1S/C23H27N3O6/c1-6-32-16-10-8-7-9-15(16)25-22(27)19-13(2)24-23(28)26-20(19)14-11-17(29-3)21(31-5)18(12-14)30-4/h7-12,20H,6H2,1-5H3,(H,25,27)(H2,24,26,28)/t20-/m1/s1. The van der Waals surface area contributed by atoms with Crippen LogP contribution in [0.15, 0.2) is 47.7 Å². The van der Waals surface area contributed by atoms with Gasteiger partial charge >= 0.3 is 6.03 Å². The van der Waals surface area contributed by atoms with E-state index in [4.69, 9.17) is 18.9 Å². The van der Waals surface area contributed by atoms with Crippen molar-refractivity contribution in [2.24, 2.45) is 0 Å². The quantitative estimate of drug-likeness (QED) is 0.580. The molecule has 0 radical (unpaired) electrons. The van der Waals surface area contributed by atoms with Gasteiger partial charge in [0.25, 0.3) is 5.91 Å². The van der Waals surface area contributed by atoms with Crippen molar-refractivity contribution in [2.75, 3.05) is 33.3 Å². The van der Waals surface area contributed by atoms with Crippen LogP contribution >= 0.6 is 0 Å². The van der Waals surface area contributed by atoms with Crippen LogP contribution in [0.3, 0.4) is 0 Å². The summed E-state index contributed by atoms with van der Waals surface area (Å²) in [5.74, 6) is 1.40. The first-order valence-electron chi connectivity index (χ1n) is 10.0. The number of carbonyl (C=O) groups excluding carboxylic acids is 2. The van der Waals surface area contributed by atoms with Gasteiger partial charge in [-0.2, -0.15) is 0 Å². The van der Waals surface area contributed by atoms with Crippen LogP contribution < -0.4 is 34.9 Å². The molecule has 0 saturated carbocycles. The van der Waals surface area contributed by atoms with E-state index in [0.717, 1.165) is 0 Å². The molecule has 0 spiro atoms. The van der Waals surface area contributed by atoms with Gasteiger partial charge in [0.15, 0.2) is 11.5 Å². The van der Waals surface area contributed by atoms with Gasteiger partial charge in [-0.15, -0.1) is 0 Å². The highest BCUT2D eigenvalue weighted by atomic mass is 16.5. The van der Waals surface area contributed by atoms with Gasteiger partial charge in [-0.05, 0) is 43.7 Å². The van der Waals surface area contributed by atoms with Crippen LogP contribution in [0.4, 0.5) is 10.5 Å². The average Bonchev–Trinajstić information content (AvgIpc) is 2.78. The van der Waals surface area contributed by atoms with Crippen molar-refractivity contribution >= 4 is 17.6 Å². The van der Waals surface area contributed by atoms with E-state index in [1.165, 1.54) is 21.3 Å². The summed E-state index contributed by atoms with van der Waals surface area (Å²) in [6, 6.07) is 9.38. The maximum Gasteiger partial charge on any atom is 0.319 e. The van der Waals surface area contributed by atoms with Crippen molar-refractivity contribution < 1.29 is 28.5 Å². The Morgan fingerprint density at radius 3 is 2.28 bits per heavy atom. The van der Waals surface area contributed by atoms with Gasteiger partial charge in [-0.1, -0.05) is 12.1 Å². The molecule has 0 bridgehead atoms. The summed E-state index contributed by atoms with van der Waals surface area (Å²) in [6.07, 6.45) is 0. The Kier molecular flexibility index (Phi) is 7.09. The summed E-state index contributed by atoms with van der Waals surface area (Å²) in [4.78, 5) is 25.6. The molecule has 170 valence electrons. The van der Waals surface area contributed by atoms with Gasteiger partial charge in [-0.25, -0.2) is 4.79 Å². The van der Waals surface area contributed by atoms with E-state index in [1.54, 1.807) is 37.3 Å². The Morgan fingerprint density at radius 2 is 1.69 bits per heavy atom. The van der Waals surface area contributed by atoms with Crippen molar-refractivity contribution in [2.45, 2.75) is 19.9 Å². The molecular weight excluding hydrogens is 414 g/mol. The first kappa shape index (κ1) is 22.8. The molecule has 9 nitrogen and oxygen atoms in total. The van der Waals surface area contributed by atoms with Gasteiger partial charge in [0.05, 0.1) is 45.2 Å². The van der Waals surface area contributed by atoms with Gasteiger partial charge in [0, 0.05) is 5.70 Å². The number of carbonyl (C=O) groups is 2. The van der Waals surface area contributed by atoms with E-state index in [9.17, 15) is 9.59 Å². The van der Waals surface area contributed by atoms with Crippen molar-refractivity contribution in [3.63, 3.8) is 0 Å². The average molecular weight is 441 g/mol. The Hall–Kier alpha value is -3.88. The molecule has 3 amide bonds. The molecular formula is C23H27N3O6. The number of nitrogens with one attached hydrogen (secondary N) is 3. The number of allylic oxidation sites excluding steroid dienone is 1. The first-order valence-corrected chi connectivity index (χ1v) is 10.0. The van der Waals surface area contributed by atoms with Crippen LogP contribution in [0.5, 0.6) is 23.0 Å². The van der Waals surface area contributed by atoms with Gasteiger partial charge in [0.2, 0.25) is 5.75 Å². The summed E-state index contributed by atoms with van der Waals surface area (Å²) in [7, 11) is 4.51. The van der Waals surface area contributed by atoms with Crippen LogP contribution in [0.1, 0.15) is 25.5 Å². The predicted molar refractivity (Wildman–Crippen MR) is 119 cm³/mol. The maximum absolute atomic E-state index is 13.4. The minimum absolute atomic E-state index is 0.338. The second-order valence-corrected chi connectivity index (χ2v) is 6.91. The molecule has 0 unspecified atom stereocenters. The largest absolute Gasteiger partial charge is 0.493 e. The number of ether oxygens (including phenoxy) is 4. The van der Waals surface area contributed by atoms with E-state index < -0.39 is 12.1 Å². The molecule has 9 heteroatoms. The Labute approximate surface area is 186 Å². The fraction of sp³-hybridized carbons (Fsp3) is 0.304. The molecule has 3 rings (SSSR count). The molecule has 2 aromatic rings. The number of hydrogen-bond acceptors (Lipinski definition) is 6. The predicted octanol–water partition coefficient (Wildman–Crippen LogP) is 3.38. The molecule has 1 aliphatic heterocycles. The molecule has 1 heterocycles.